The number of epoxide rings is 1. The van der Waals surface area contributed by atoms with Crippen LogP contribution in [-0.2, 0) is 42.8 Å². The number of benzene rings is 1. The van der Waals surface area contributed by atoms with Crippen molar-refractivity contribution >= 4 is 40.7 Å². The van der Waals surface area contributed by atoms with Gasteiger partial charge < -0.3 is 53.5 Å². The van der Waals surface area contributed by atoms with Gasteiger partial charge >= 0.3 is 17.9 Å². The molecule has 3 aliphatic carbocycles. The molecule has 2 unspecified atom stereocenters. The third-order valence-corrected chi connectivity index (χ3v) is 14.6. The highest BCUT2D eigenvalue weighted by Gasteiger charge is 2.77. The summed E-state index contributed by atoms with van der Waals surface area (Å²) in [7, 11) is 0. The van der Waals surface area contributed by atoms with Crippen LogP contribution in [-0.4, -0.2) is 117 Å². The number of carbonyl (C=O) groups is 5. The van der Waals surface area contributed by atoms with Gasteiger partial charge in [0.15, 0.2) is 23.8 Å². The summed E-state index contributed by atoms with van der Waals surface area (Å²) in [4.78, 5) is 70.6. The van der Waals surface area contributed by atoms with Crippen molar-refractivity contribution < 1.29 is 72.1 Å². The average Bonchev–Trinajstić information content (AvgIpc) is 3.66. The van der Waals surface area contributed by atoms with Crippen molar-refractivity contribution in [2.45, 2.75) is 147 Å². The molecule has 3 heterocycles. The summed E-state index contributed by atoms with van der Waals surface area (Å²) in [6.07, 6.45) is -7.75. The van der Waals surface area contributed by atoms with Crippen molar-refractivity contribution in [1.82, 2.24) is 5.32 Å². The summed E-state index contributed by atoms with van der Waals surface area (Å²) in [5.41, 5.74) is -6.96. The van der Waals surface area contributed by atoms with Crippen LogP contribution in [0, 0.1) is 16.7 Å². The molecule has 4 N–H and O–H groups in total. The van der Waals surface area contributed by atoms with E-state index < -0.39 is 118 Å². The Morgan fingerprint density at radius 3 is 2.35 bits per heavy atom. The second-order valence-corrected chi connectivity index (χ2v) is 18.9. The van der Waals surface area contributed by atoms with Gasteiger partial charge in [0.05, 0.1) is 35.9 Å². The highest BCUT2D eigenvalue weighted by molar-refractivity contribution is 8.13. The number of hydrogen-bond donors (Lipinski definition) is 4. The van der Waals surface area contributed by atoms with Crippen LogP contribution in [0.5, 0.6) is 0 Å². The minimum atomic E-state index is -2.31. The number of aliphatic hydroxyl groups excluding tert-OH is 2. The van der Waals surface area contributed by atoms with Gasteiger partial charge in [-0.2, -0.15) is 0 Å². The summed E-state index contributed by atoms with van der Waals surface area (Å²) in [6.45, 7) is 11.1. The number of nitrogens with one attached hydrogen (secondary N) is 1. The Bertz CT molecular complexity index is 2060. The number of furan rings is 1. The predicted molar refractivity (Wildman–Crippen MR) is 220 cm³/mol. The molecule has 7 rings (SSSR count). The Kier molecular flexibility index (Phi) is 12.9. The van der Waals surface area contributed by atoms with Crippen LogP contribution < -0.4 is 5.32 Å². The molecular formula is C45H57NO15S. The van der Waals surface area contributed by atoms with E-state index >= 15 is 4.79 Å². The third-order valence-electron chi connectivity index (χ3n) is 13.8. The number of amides is 1. The van der Waals surface area contributed by atoms with Gasteiger partial charge in [-0.3, -0.25) is 14.4 Å². The molecule has 0 spiro atoms. The second-order valence-electron chi connectivity index (χ2n) is 17.8. The lowest BCUT2D eigenvalue weighted by atomic mass is 9.47. The number of thioether (sulfide) groups is 1. The fraction of sp³-hybridized carbons (Fsp3) is 0.622. The highest BCUT2D eigenvalue weighted by Crippen LogP contribution is 2.64. The molecule has 17 heteroatoms. The molecule has 1 aromatic carbocycles. The van der Waals surface area contributed by atoms with E-state index in [9.17, 15) is 34.5 Å². The maximum atomic E-state index is 15.8. The zero-order valence-corrected chi connectivity index (χ0v) is 36.8. The molecule has 16 nitrogen and oxygen atoms in total. The normalized spacial score (nSPS) is 35.6. The molecule has 2 aliphatic heterocycles. The Morgan fingerprint density at radius 2 is 1.76 bits per heavy atom. The lowest BCUT2D eigenvalue weighted by Crippen LogP contribution is -2.78. The summed E-state index contributed by atoms with van der Waals surface area (Å²) in [5, 5.41) is 39.9. The van der Waals surface area contributed by atoms with Crippen molar-refractivity contribution in [1.29, 1.82) is 0 Å². The molecule has 13 atom stereocenters. The highest BCUT2D eigenvalue weighted by atomic mass is 32.2. The van der Waals surface area contributed by atoms with E-state index in [4.69, 9.17) is 32.8 Å². The van der Waals surface area contributed by atoms with Crippen molar-refractivity contribution in [3.05, 3.63) is 71.2 Å². The fourth-order valence-corrected chi connectivity index (χ4v) is 11.0. The minimum absolute atomic E-state index is 0.0112. The predicted octanol–water partition coefficient (Wildman–Crippen LogP) is 4.73. The van der Waals surface area contributed by atoms with Gasteiger partial charge in [0.25, 0.3) is 5.24 Å². The molecule has 338 valence electrons. The Balaban J connectivity index is 1.39. The number of esters is 3. The molecule has 0 radical (unpaired) electrons. The van der Waals surface area contributed by atoms with Gasteiger partial charge in [0.2, 0.25) is 0 Å². The van der Waals surface area contributed by atoms with E-state index in [1.54, 1.807) is 45.9 Å². The zero-order valence-electron chi connectivity index (χ0n) is 36.0. The van der Waals surface area contributed by atoms with Crippen LogP contribution in [0.3, 0.4) is 0 Å². The first-order valence-electron chi connectivity index (χ1n) is 21.2. The number of fused-ring (bicyclic) bond motifs is 5. The quantitative estimate of drug-likeness (QED) is 0.0701. The van der Waals surface area contributed by atoms with E-state index in [-0.39, 0.29) is 36.3 Å². The van der Waals surface area contributed by atoms with Gasteiger partial charge in [-0.05, 0) is 75.4 Å². The van der Waals surface area contributed by atoms with Gasteiger partial charge in [0.1, 0.15) is 47.9 Å². The summed E-state index contributed by atoms with van der Waals surface area (Å²) in [6, 6.07) is 9.65. The number of rotatable bonds is 13. The van der Waals surface area contributed by atoms with Crippen molar-refractivity contribution in [2.75, 3.05) is 12.4 Å². The molecule has 2 saturated carbocycles. The molecule has 1 amide bonds. The molecule has 1 aromatic heterocycles. The molecule has 2 saturated heterocycles. The number of ketones is 1. The van der Waals surface area contributed by atoms with Crippen molar-refractivity contribution in [2.24, 2.45) is 16.7 Å². The average molecular weight is 884 g/mol. The lowest BCUT2D eigenvalue weighted by Gasteiger charge is -2.64. The molecule has 5 aliphatic rings. The van der Waals surface area contributed by atoms with Crippen LogP contribution >= 0.6 is 11.8 Å². The third kappa shape index (κ3) is 7.91. The number of hydrogen-bond acceptors (Lipinski definition) is 16. The fourth-order valence-electron chi connectivity index (χ4n) is 10.1. The molecule has 62 heavy (non-hydrogen) atoms. The van der Waals surface area contributed by atoms with Crippen LogP contribution in [0.1, 0.15) is 103 Å². The number of unbranched alkanes of at least 4 members (excludes halogenated alkanes) is 1. The largest absolute Gasteiger partial charge is 0.467 e. The van der Waals surface area contributed by atoms with Gasteiger partial charge in [-0.25, -0.2) is 9.59 Å². The van der Waals surface area contributed by atoms with E-state index in [0.717, 1.165) is 24.6 Å². The SMILES string of the molecule is CCCCSC(=O)N[C@@H](c1ccco1)[C@@H](O)C(=O)O[C@H]1C[C@@]2(O)[C@@H](OC(=O)c3ccccc3)[C@@H]3[C@]4(OC(C)=O)CO[C@@H]4CC[C@H](O)[C@@]3(C)C(=O)[C@H](OC3OC3C)C(=C1C)C2(C)C. The maximum Gasteiger partial charge on any atom is 0.338 e. The maximum absolute atomic E-state index is 15.8. The van der Waals surface area contributed by atoms with Crippen molar-refractivity contribution in [3.8, 4) is 0 Å². The van der Waals surface area contributed by atoms with Gasteiger partial charge in [-0.1, -0.05) is 57.2 Å². The molecule has 2 bridgehead atoms. The lowest BCUT2D eigenvalue weighted by molar-refractivity contribution is -0.314. The van der Waals surface area contributed by atoms with Crippen molar-refractivity contribution in [3.63, 3.8) is 0 Å². The number of Topliss-reactive ketones (excluding diaryl/α,β-unsaturated/α-hetero) is 1. The number of ether oxygens (including phenoxy) is 6. The zero-order chi connectivity index (χ0) is 44.9. The van der Waals surface area contributed by atoms with E-state index in [1.807, 2.05) is 6.92 Å². The summed E-state index contributed by atoms with van der Waals surface area (Å²) < 4.78 is 42.5. The first-order valence-corrected chi connectivity index (χ1v) is 22.2. The van der Waals surface area contributed by atoms with E-state index in [0.29, 0.717) is 11.3 Å². The Hall–Kier alpha value is -4.10. The van der Waals surface area contributed by atoms with Crippen LogP contribution in [0.4, 0.5) is 4.79 Å². The molecule has 4 fully saturated rings. The van der Waals surface area contributed by atoms with E-state index in [1.165, 1.54) is 44.4 Å². The first kappa shape index (κ1) is 45.9. The number of aliphatic hydroxyl groups is 3. The summed E-state index contributed by atoms with van der Waals surface area (Å²) in [5.74, 6) is -4.39. The smallest absolute Gasteiger partial charge is 0.338 e. The molecular weight excluding hydrogens is 827 g/mol. The molecule has 2 aromatic rings. The summed E-state index contributed by atoms with van der Waals surface area (Å²) >= 11 is 0.988. The first-order chi connectivity index (χ1) is 29.3. The van der Waals surface area contributed by atoms with Crippen LogP contribution in [0.25, 0.3) is 0 Å². The second kappa shape index (κ2) is 17.5. The Morgan fingerprint density at radius 1 is 1.05 bits per heavy atom. The van der Waals surface area contributed by atoms with E-state index in [2.05, 4.69) is 5.32 Å². The van der Waals surface area contributed by atoms with Gasteiger partial charge in [-0.15, -0.1) is 0 Å². The topological polar surface area (TPSA) is 230 Å². The number of carbonyl (C=O) groups excluding carboxylic acids is 5. The standard InChI is InChI=1S/C45H57NO15S/c1-8-9-20-62-41(53)46-32(27-16-13-19-55-27)33(49)39(52)58-28-21-45(54)37(60-38(51)26-14-11-10-12-15-26)35-43(7,29(48)17-18-30-44(35,22-56-30)61-25(4)47)36(50)34(59-40-24(3)57-40)31(23(28)2)42(45,5)6/h10-16,19,24,28-30,32-35,37,40,48-49,54H,8-9,17-18,20-22H2,1-7H3,(H,46,53)/t24?,28-,29-,30+,32-,33+,34+,35-,37-,40?,43+,44-,45+/m0/s1. The Labute approximate surface area is 364 Å². The minimum Gasteiger partial charge on any atom is -0.467 e. The van der Waals surface area contributed by atoms with Crippen LogP contribution in [0.15, 0.2) is 64.3 Å². The monoisotopic (exact) mass is 883 g/mol. The van der Waals surface area contributed by atoms with Gasteiger partial charge in [0, 0.05) is 24.5 Å². The van der Waals surface area contributed by atoms with Crippen LogP contribution in [0.2, 0.25) is 0 Å².